The molecule has 3 aromatic heterocycles. The first-order chi connectivity index (χ1) is 19.8. The number of piperazine rings is 1. The van der Waals surface area contributed by atoms with Crippen LogP contribution in [-0.4, -0.2) is 87.6 Å². The minimum atomic E-state index is -0.470. The smallest absolute Gasteiger partial charge is 0.409 e. The van der Waals surface area contributed by atoms with E-state index < -0.39 is 6.09 Å². The van der Waals surface area contributed by atoms with Gasteiger partial charge in [-0.1, -0.05) is 12.1 Å². The van der Waals surface area contributed by atoms with Crippen LogP contribution in [-0.2, 0) is 17.8 Å². The minimum Gasteiger partial charge on any atom is -0.453 e. The summed E-state index contributed by atoms with van der Waals surface area (Å²) in [6.07, 6.45) is 2.70. The van der Waals surface area contributed by atoms with Crippen LogP contribution in [0.4, 0.5) is 22.1 Å². The van der Waals surface area contributed by atoms with Crippen LogP contribution in [0.5, 0.6) is 0 Å². The maximum absolute atomic E-state index is 13.3. The molecule has 0 radical (unpaired) electrons. The number of allylic oxidation sites excluding steroid dienone is 1. The molecule has 0 spiro atoms. The van der Waals surface area contributed by atoms with Gasteiger partial charge >= 0.3 is 6.09 Å². The lowest BCUT2D eigenvalue weighted by Crippen LogP contribution is -2.44. The summed E-state index contributed by atoms with van der Waals surface area (Å²) < 4.78 is 7.97. The number of ether oxygens (including phenoxy) is 1. The van der Waals surface area contributed by atoms with Gasteiger partial charge in [-0.15, -0.1) is 6.58 Å². The highest BCUT2D eigenvalue weighted by molar-refractivity contribution is 5.77. The van der Waals surface area contributed by atoms with Crippen LogP contribution in [0.25, 0.3) is 16.9 Å². The van der Waals surface area contributed by atoms with Gasteiger partial charge in [-0.25, -0.2) is 24.1 Å². The predicted molar refractivity (Wildman–Crippen MR) is 159 cm³/mol. The van der Waals surface area contributed by atoms with E-state index in [0.717, 1.165) is 37.4 Å². The van der Waals surface area contributed by atoms with E-state index in [4.69, 9.17) is 14.7 Å². The van der Waals surface area contributed by atoms with Gasteiger partial charge in [0.25, 0.3) is 5.56 Å². The maximum atomic E-state index is 13.3. The number of benzene rings is 1. The molecule has 1 N–H and O–H groups in total. The summed E-state index contributed by atoms with van der Waals surface area (Å²) in [5.41, 5.74) is 4.01. The number of likely N-dealkylation sites (N-methyl/N-ethyl adjacent to an activating group) is 1. The number of amides is 1. The second-order valence-electron chi connectivity index (χ2n) is 10.1. The zero-order chi connectivity index (χ0) is 29.1. The number of nitrogens with zero attached hydrogens (tertiary/aromatic N) is 8. The van der Waals surface area contributed by atoms with Crippen molar-refractivity contribution in [1.82, 2.24) is 34.1 Å². The van der Waals surface area contributed by atoms with E-state index in [1.165, 1.54) is 28.6 Å². The highest BCUT2D eigenvalue weighted by Gasteiger charge is 2.20. The second kappa shape index (κ2) is 11.8. The topological polar surface area (TPSA) is 114 Å². The summed E-state index contributed by atoms with van der Waals surface area (Å²) in [5, 5.41) is 3.66. The fourth-order valence-corrected chi connectivity index (χ4v) is 5.01. The number of hydrogen-bond acceptors (Lipinski definition) is 9. The van der Waals surface area contributed by atoms with Gasteiger partial charge in [-0.05, 0) is 49.9 Å². The normalized spacial score (nSPS) is 13.8. The average molecular weight is 558 g/mol. The quantitative estimate of drug-likeness (QED) is 0.326. The Morgan fingerprint density at radius 3 is 2.66 bits per heavy atom. The molecule has 5 rings (SSSR count). The van der Waals surface area contributed by atoms with E-state index in [0.29, 0.717) is 28.5 Å². The number of anilines is 3. The van der Waals surface area contributed by atoms with Crippen molar-refractivity contribution in [3.63, 3.8) is 0 Å². The third-order valence-electron chi connectivity index (χ3n) is 7.17. The zero-order valence-electron chi connectivity index (χ0n) is 23.9. The van der Waals surface area contributed by atoms with Gasteiger partial charge in [0.15, 0.2) is 11.5 Å². The van der Waals surface area contributed by atoms with Crippen LogP contribution in [0.15, 0.2) is 60.0 Å². The Hall–Kier alpha value is -4.71. The first-order valence-electron chi connectivity index (χ1n) is 13.4. The standard InChI is InChI=1S/C29H35N9O3/c1-6-12-37-27(39)23-18-30-28(32-21-10-11-24(20(2)17-21)36-15-13-34(3)14-16-36)33-26(23)38(37)25-9-7-8-22(31-25)19-35(4)29(40)41-5/h6-11,17-18H,1,12-16,19H2,2-5H3,(H,30,32,33). The van der Waals surface area contributed by atoms with E-state index in [-0.39, 0.29) is 18.6 Å². The molecular weight excluding hydrogens is 522 g/mol. The molecule has 0 unspecified atom stereocenters. The highest BCUT2D eigenvalue weighted by Crippen LogP contribution is 2.26. The van der Waals surface area contributed by atoms with Crippen molar-refractivity contribution in [2.45, 2.75) is 20.0 Å². The third kappa shape index (κ3) is 5.78. The minimum absolute atomic E-state index is 0.233. The number of methoxy groups -OCH3 is 1. The van der Waals surface area contributed by atoms with E-state index in [1.54, 1.807) is 29.9 Å². The first kappa shape index (κ1) is 27.8. The van der Waals surface area contributed by atoms with Crippen molar-refractivity contribution in [2.75, 3.05) is 57.6 Å². The Balaban J connectivity index is 1.48. The van der Waals surface area contributed by atoms with Crippen molar-refractivity contribution in [3.8, 4) is 5.82 Å². The molecule has 0 bridgehead atoms. The molecule has 1 saturated heterocycles. The largest absolute Gasteiger partial charge is 0.453 e. The molecule has 4 heterocycles. The number of fused-ring (bicyclic) bond motifs is 1. The Labute approximate surface area is 238 Å². The van der Waals surface area contributed by atoms with Crippen LogP contribution < -0.4 is 15.8 Å². The number of hydrogen-bond donors (Lipinski definition) is 1. The molecule has 1 aromatic carbocycles. The summed E-state index contributed by atoms with van der Waals surface area (Å²) >= 11 is 0. The number of aromatic nitrogens is 5. The molecule has 1 fully saturated rings. The molecule has 41 heavy (non-hydrogen) atoms. The fraction of sp³-hybridized carbons (Fsp3) is 0.345. The fourth-order valence-electron chi connectivity index (χ4n) is 5.01. The molecule has 4 aromatic rings. The Morgan fingerprint density at radius 1 is 1.17 bits per heavy atom. The molecular formula is C29H35N9O3. The Morgan fingerprint density at radius 2 is 1.95 bits per heavy atom. The van der Waals surface area contributed by atoms with Crippen molar-refractivity contribution >= 4 is 34.4 Å². The van der Waals surface area contributed by atoms with E-state index in [9.17, 15) is 9.59 Å². The van der Waals surface area contributed by atoms with Crippen LogP contribution in [0.2, 0.25) is 0 Å². The number of aryl methyl sites for hydroxylation is 1. The molecule has 12 heteroatoms. The van der Waals surface area contributed by atoms with Crippen LogP contribution in [0.3, 0.4) is 0 Å². The summed E-state index contributed by atoms with van der Waals surface area (Å²) in [4.78, 5) is 45.3. The van der Waals surface area contributed by atoms with Crippen molar-refractivity contribution in [1.29, 1.82) is 0 Å². The number of pyridine rings is 1. The summed E-state index contributed by atoms with van der Waals surface area (Å²) in [7, 11) is 5.11. The number of carbonyl (C=O) groups excluding carboxylic acids is 1. The van der Waals surface area contributed by atoms with Crippen molar-refractivity contribution in [2.24, 2.45) is 0 Å². The molecule has 1 aliphatic rings. The van der Waals surface area contributed by atoms with Crippen LogP contribution in [0, 0.1) is 6.92 Å². The predicted octanol–water partition coefficient (Wildman–Crippen LogP) is 3.17. The third-order valence-corrected chi connectivity index (χ3v) is 7.17. The van der Waals surface area contributed by atoms with Crippen molar-refractivity contribution < 1.29 is 9.53 Å². The van der Waals surface area contributed by atoms with E-state index in [1.807, 2.05) is 12.1 Å². The second-order valence-corrected chi connectivity index (χ2v) is 10.1. The van der Waals surface area contributed by atoms with E-state index >= 15 is 0 Å². The molecule has 1 aliphatic heterocycles. The first-order valence-corrected chi connectivity index (χ1v) is 13.4. The van der Waals surface area contributed by atoms with Crippen LogP contribution in [0.1, 0.15) is 11.3 Å². The molecule has 1 amide bonds. The number of carbonyl (C=O) groups is 1. The van der Waals surface area contributed by atoms with Gasteiger partial charge in [0, 0.05) is 50.8 Å². The molecule has 0 aliphatic carbocycles. The molecule has 0 atom stereocenters. The summed E-state index contributed by atoms with van der Waals surface area (Å²) in [5.74, 6) is 0.835. The summed E-state index contributed by atoms with van der Waals surface area (Å²) in [6.45, 7) is 10.5. The highest BCUT2D eigenvalue weighted by atomic mass is 16.5. The van der Waals surface area contributed by atoms with Gasteiger partial charge < -0.3 is 24.8 Å². The van der Waals surface area contributed by atoms with E-state index in [2.05, 4.69) is 52.8 Å². The Bertz CT molecular complexity index is 1640. The monoisotopic (exact) mass is 557 g/mol. The van der Waals surface area contributed by atoms with Gasteiger partial charge in [0.2, 0.25) is 5.95 Å². The lowest BCUT2D eigenvalue weighted by atomic mass is 10.1. The van der Waals surface area contributed by atoms with Gasteiger partial charge in [0.05, 0.1) is 25.9 Å². The molecule has 214 valence electrons. The number of rotatable bonds is 8. The molecule has 12 nitrogen and oxygen atoms in total. The Kier molecular flexibility index (Phi) is 8.02. The molecule has 0 saturated carbocycles. The number of nitrogens with one attached hydrogen (secondary N) is 1. The lowest BCUT2D eigenvalue weighted by Gasteiger charge is -2.35. The summed E-state index contributed by atoms with van der Waals surface area (Å²) in [6, 6.07) is 11.6. The van der Waals surface area contributed by atoms with Crippen molar-refractivity contribution in [3.05, 3.63) is 76.9 Å². The van der Waals surface area contributed by atoms with Gasteiger partial charge in [-0.3, -0.25) is 4.79 Å². The van der Waals surface area contributed by atoms with Crippen LogP contribution >= 0.6 is 0 Å². The average Bonchev–Trinajstić information content (AvgIpc) is 3.24. The maximum Gasteiger partial charge on any atom is 0.409 e. The van der Waals surface area contributed by atoms with Gasteiger partial charge in [0.1, 0.15) is 5.39 Å². The zero-order valence-corrected chi connectivity index (χ0v) is 23.9. The lowest BCUT2D eigenvalue weighted by molar-refractivity contribution is 0.131. The van der Waals surface area contributed by atoms with Gasteiger partial charge in [-0.2, -0.15) is 4.98 Å². The SMILES string of the molecule is C=CCn1c(=O)c2cnc(Nc3ccc(N4CCN(C)CC4)c(C)c3)nc2n1-c1cccc(CN(C)C(=O)OC)n1.